The van der Waals surface area contributed by atoms with Crippen molar-refractivity contribution < 1.29 is 17.6 Å². The minimum Gasteiger partial charge on any atom is -0.326 e. The van der Waals surface area contributed by atoms with Gasteiger partial charge in [0, 0.05) is 18.8 Å². The van der Waals surface area contributed by atoms with E-state index in [-0.39, 0.29) is 17.2 Å². The molecule has 1 fully saturated rings. The molecule has 7 heteroatoms. The molecule has 2 aromatic rings. The van der Waals surface area contributed by atoms with Crippen molar-refractivity contribution in [2.45, 2.75) is 30.6 Å². The van der Waals surface area contributed by atoms with Gasteiger partial charge in [0.15, 0.2) is 0 Å². The Bertz CT molecular complexity index is 893. The second-order valence-corrected chi connectivity index (χ2v) is 8.29. The van der Waals surface area contributed by atoms with E-state index in [2.05, 4.69) is 5.32 Å². The molecule has 0 aromatic heterocycles. The first-order valence-corrected chi connectivity index (χ1v) is 10.0. The summed E-state index contributed by atoms with van der Waals surface area (Å²) in [5, 5.41) is 2.68. The summed E-state index contributed by atoms with van der Waals surface area (Å²) in [6.07, 6.45) is 2.79. The quantitative estimate of drug-likeness (QED) is 0.872. The van der Waals surface area contributed by atoms with E-state index in [1.807, 2.05) is 0 Å². The van der Waals surface area contributed by atoms with Crippen LogP contribution < -0.4 is 5.32 Å². The number of anilines is 1. The van der Waals surface area contributed by atoms with Gasteiger partial charge >= 0.3 is 0 Å². The first-order valence-electron chi connectivity index (χ1n) is 8.60. The van der Waals surface area contributed by atoms with E-state index < -0.39 is 15.8 Å². The first kappa shape index (κ1) is 18.5. The molecule has 0 atom stereocenters. The summed E-state index contributed by atoms with van der Waals surface area (Å²) in [5.74, 6) is -0.729. The van der Waals surface area contributed by atoms with Gasteiger partial charge in [-0.2, -0.15) is 4.31 Å². The Labute approximate surface area is 152 Å². The predicted octanol–water partition coefficient (Wildman–Crippen LogP) is 3.18. The zero-order valence-electron chi connectivity index (χ0n) is 14.3. The molecule has 1 aliphatic heterocycles. The van der Waals surface area contributed by atoms with E-state index in [1.54, 1.807) is 24.3 Å². The number of carbonyl (C=O) groups is 1. The molecule has 1 aliphatic rings. The molecular weight excluding hydrogens is 355 g/mol. The molecule has 3 rings (SSSR count). The van der Waals surface area contributed by atoms with Gasteiger partial charge in [0.2, 0.25) is 15.9 Å². The van der Waals surface area contributed by atoms with Crippen LogP contribution >= 0.6 is 0 Å². The molecule has 138 valence electrons. The SMILES string of the molecule is O=C(Cc1cccc(F)c1)Nc1cccc(S(=O)(=O)N2CCCCC2)c1. The van der Waals surface area contributed by atoms with E-state index in [0.29, 0.717) is 24.3 Å². The number of hydrogen-bond donors (Lipinski definition) is 1. The molecule has 5 nitrogen and oxygen atoms in total. The van der Waals surface area contributed by atoms with Gasteiger partial charge in [-0.3, -0.25) is 4.79 Å². The lowest BCUT2D eigenvalue weighted by Crippen LogP contribution is -2.35. The number of rotatable bonds is 5. The van der Waals surface area contributed by atoms with Crippen molar-refractivity contribution >= 4 is 21.6 Å². The van der Waals surface area contributed by atoms with Crippen LogP contribution in [0.4, 0.5) is 10.1 Å². The number of piperidine rings is 1. The zero-order chi connectivity index (χ0) is 18.6. The van der Waals surface area contributed by atoms with Gasteiger partial charge < -0.3 is 5.32 Å². The van der Waals surface area contributed by atoms with Gasteiger partial charge in [0.25, 0.3) is 0 Å². The number of nitrogens with zero attached hydrogens (tertiary/aromatic N) is 1. The van der Waals surface area contributed by atoms with Crippen LogP contribution in [-0.2, 0) is 21.2 Å². The fraction of sp³-hybridized carbons (Fsp3) is 0.316. The summed E-state index contributed by atoms with van der Waals surface area (Å²) in [7, 11) is -3.55. The third kappa shape index (κ3) is 4.47. The molecule has 1 N–H and O–H groups in total. The van der Waals surface area contributed by atoms with Crippen LogP contribution in [0, 0.1) is 5.82 Å². The van der Waals surface area contributed by atoms with Crippen molar-refractivity contribution in [1.29, 1.82) is 0 Å². The van der Waals surface area contributed by atoms with Gasteiger partial charge in [-0.1, -0.05) is 24.6 Å². The number of hydrogen-bond acceptors (Lipinski definition) is 3. The van der Waals surface area contributed by atoms with Gasteiger partial charge in [0.05, 0.1) is 11.3 Å². The van der Waals surface area contributed by atoms with Crippen LogP contribution in [0.2, 0.25) is 0 Å². The van der Waals surface area contributed by atoms with Crippen molar-refractivity contribution in [2.24, 2.45) is 0 Å². The predicted molar refractivity (Wildman–Crippen MR) is 97.8 cm³/mol. The summed E-state index contributed by atoms with van der Waals surface area (Å²) in [4.78, 5) is 12.3. The average Bonchev–Trinajstić information content (AvgIpc) is 2.62. The lowest BCUT2D eigenvalue weighted by molar-refractivity contribution is -0.115. The monoisotopic (exact) mass is 376 g/mol. The Morgan fingerprint density at radius 1 is 1.04 bits per heavy atom. The summed E-state index contributed by atoms with van der Waals surface area (Å²) >= 11 is 0. The summed E-state index contributed by atoms with van der Waals surface area (Å²) in [6.45, 7) is 1.05. The fourth-order valence-corrected chi connectivity index (χ4v) is 4.59. The molecule has 2 aromatic carbocycles. The summed E-state index contributed by atoms with van der Waals surface area (Å²) in [6, 6.07) is 12.1. The number of sulfonamides is 1. The van der Waals surface area contributed by atoms with Gasteiger partial charge in [-0.25, -0.2) is 12.8 Å². The maximum Gasteiger partial charge on any atom is 0.243 e. The number of amides is 1. The number of nitrogens with one attached hydrogen (secondary N) is 1. The number of halogens is 1. The molecule has 0 radical (unpaired) electrons. The largest absolute Gasteiger partial charge is 0.326 e. The highest BCUT2D eigenvalue weighted by Gasteiger charge is 2.26. The van der Waals surface area contributed by atoms with Crippen LogP contribution in [-0.4, -0.2) is 31.7 Å². The van der Waals surface area contributed by atoms with Crippen molar-refractivity contribution in [3.63, 3.8) is 0 Å². The van der Waals surface area contributed by atoms with Crippen LogP contribution in [0.25, 0.3) is 0 Å². The molecule has 0 spiro atoms. The van der Waals surface area contributed by atoms with Gasteiger partial charge in [0.1, 0.15) is 5.82 Å². The lowest BCUT2D eigenvalue weighted by Gasteiger charge is -2.26. The van der Waals surface area contributed by atoms with E-state index in [1.165, 1.54) is 28.6 Å². The van der Waals surface area contributed by atoms with Crippen molar-refractivity contribution in [3.8, 4) is 0 Å². The van der Waals surface area contributed by atoms with Gasteiger partial charge in [-0.15, -0.1) is 0 Å². The molecular formula is C19H21FN2O3S. The van der Waals surface area contributed by atoms with Crippen molar-refractivity contribution in [2.75, 3.05) is 18.4 Å². The topological polar surface area (TPSA) is 66.5 Å². The molecule has 0 saturated carbocycles. The minimum atomic E-state index is -3.55. The normalized spacial score (nSPS) is 15.6. The lowest BCUT2D eigenvalue weighted by atomic mass is 10.1. The van der Waals surface area contributed by atoms with Crippen LogP contribution in [0.15, 0.2) is 53.4 Å². The molecule has 1 heterocycles. The Kier molecular flexibility index (Phi) is 5.68. The Hall–Kier alpha value is -2.25. The number of carbonyl (C=O) groups excluding carboxylic acids is 1. The second kappa shape index (κ2) is 7.97. The second-order valence-electron chi connectivity index (χ2n) is 6.35. The van der Waals surface area contributed by atoms with Crippen molar-refractivity contribution in [3.05, 3.63) is 59.9 Å². The molecule has 1 saturated heterocycles. The van der Waals surface area contributed by atoms with Crippen LogP contribution in [0.5, 0.6) is 0 Å². The van der Waals surface area contributed by atoms with Crippen molar-refractivity contribution in [1.82, 2.24) is 4.31 Å². The fourth-order valence-electron chi connectivity index (χ4n) is 3.03. The molecule has 26 heavy (non-hydrogen) atoms. The highest BCUT2D eigenvalue weighted by molar-refractivity contribution is 7.89. The average molecular weight is 376 g/mol. The standard InChI is InChI=1S/C19H21FN2O3S/c20-16-7-4-6-15(12-16)13-19(23)21-17-8-5-9-18(14-17)26(24,25)22-10-2-1-3-11-22/h4-9,12,14H,1-3,10-11,13H2,(H,21,23). The molecule has 0 unspecified atom stereocenters. The highest BCUT2D eigenvalue weighted by Crippen LogP contribution is 2.23. The highest BCUT2D eigenvalue weighted by atomic mass is 32.2. The Balaban J connectivity index is 1.71. The Morgan fingerprint density at radius 3 is 2.50 bits per heavy atom. The van der Waals surface area contributed by atoms with E-state index in [0.717, 1.165) is 19.3 Å². The molecule has 0 bridgehead atoms. The van der Waals surface area contributed by atoms with Crippen LogP contribution in [0.1, 0.15) is 24.8 Å². The van der Waals surface area contributed by atoms with Gasteiger partial charge in [-0.05, 0) is 48.7 Å². The molecule has 1 amide bonds. The third-order valence-electron chi connectivity index (χ3n) is 4.32. The zero-order valence-corrected chi connectivity index (χ0v) is 15.1. The number of benzene rings is 2. The minimum absolute atomic E-state index is 0.0147. The third-order valence-corrected chi connectivity index (χ3v) is 6.22. The van der Waals surface area contributed by atoms with E-state index >= 15 is 0 Å². The Morgan fingerprint density at radius 2 is 1.77 bits per heavy atom. The summed E-state index contributed by atoms with van der Waals surface area (Å²) < 4.78 is 40.1. The van der Waals surface area contributed by atoms with E-state index in [9.17, 15) is 17.6 Å². The smallest absolute Gasteiger partial charge is 0.243 e. The maximum absolute atomic E-state index is 13.2. The first-order chi connectivity index (χ1) is 12.4. The van der Waals surface area contributed by atoms with Crippen LogP contribution in [0.3, 0.4) is 0 Å². The summed E-state index contributed by atoms with van der Waals surface area (Å²) in [5.41, 5.74) is 0.962. The van der Waals surface area contributed by atoms with E-state index in [4.69, 9.17) is 0 Å². The maximum atomic E-state index is 13.2. The molecule has 0 aliphatic carbocycles.